The molecule has 0 spiro atoms. The fourth-order valence-corrected chi connectivity index (χ4v) is 4.48. The van der Waals surface area contributed by atoms with Gasteiger partial charge in [-0.3, -0.25) is 0 Å². The van der Waals surface area contributed by atoms with Crippen molar-refractivity contribution < 1.29 is 10.2 Å². The maximum absolute atomic E-state index is 10.2. The Morgan fingerprint density at radius 1 is 0.600 bits per heavy atom. The lowest BCUT2D eigenvalue weighted by Crippen LogP contribution is -2.32. The molecule has 2 heteroatoms. The quantitative estimate of drug-likeness (QED) is 0.370. The average molecular weight is 395 g/mol. The predicted molar refractivity (Wildman–Crippen MR) is 122 cm³/mol. The highest BCUT2D eigenvalue weighted by Crippen LogP contribution is 2.47. The van der Waals surface area contributed by atoms with Gasteiger partial charge in [0.05, 0.1) is 5.41 Å². The van der Waals surface area contributed by atoms with Gasteiger partial charge in [0, 0.05) is 0 Å². The van der Waals surface area contributed by atoms with E-state index in [1.165, 1.54) is 0 Å². The van der Waals surface area contributed by atoms with Gasteiger partial charge in [-0.2, -0.15) is 0 Å². The highest BCUT2D eigenvalue weighted by Gasteiger charge is 2.39. The standard InChI is InChI=1S/C28H26O2/c1-2-9-21-20-26(30)18-19-27(21)28(22-10-5-3-6-11-22,23-12-7-4-8-13-23)24-14-16-25(29)17-15-24/h3-8,10-20,29-30H,2,9H2,1H3. The summed E-state index contributed by atoms with van der Waals surface area (Å²) in [6, 6.07) is 34.1. The van der Waals surface area contributed by atoms with Crippen LogP contribution in [0.2, 0.25) is 0 Å². The minimum absolute atomic E-state index is 0.244. The molecule has 4 aromatic carbocycles. The topological polar surface area (TPSA) is 40.5 Å². The Balaban J connectivity index is 2.15. The van der Waals surface area contributed by atoms with Crippen molar-refractivity contribution in [2.75, 3.05) is 0 Å². The summed E-state index contributed by atoms with van der Waals surface area (Å²) in [6.45, 7) is 2.15. The summed E-state index contributed by atoms with van der Waals surface area (Å²) in [5, 5.41) is 20.2. The van der Waals surface area contributed by atoms with Crippen molar-refractivity contribution in [3.8, 4) is 11.5 Å². The minimum atomic E-state index is -0.575. The summed E-state index contributed by atoms with van der Waals surface area (Å²) in [6.07, 6.45) is 1.84. The highest BCUT2D eigenvalue weighted by atomic mass is 16.3. The molecule has 2 nitrogen and oxygen atoms in total. The normalized spacial score (nSPS) is 11.4. The molecule has 0 heterocycles. The molecule has 0 saturated carbocycles. The van der Waals surface area contributed by atoms with E-state index in [1.807, 2.05) is 36.4 Å². The lowest BCUT2D eigenvalue weighted by molar-refractivity contribution is 0.473. The molecule has 0 atom stereocenters. The molecule has 0 bridgehead atoms. The fourth-order valence-electron chi connectivity index (χ4n) is 4.48. The van der Waals surface area contributed by atoms with Crippen LogP contribution in [-0.4, -0.2) is 10.2 Å². The lowest BCUT2D eigenvalue weighted by atomic mass is 9.63. The van der Waals surface area contributed by atoms with Crippen molar-refractivity contribution in [2.24, 2.45) is 0 Å². The Labute approximate surface area is 178 Å². The van der Waals surface area contributed by atoms with Crippen molar-refractivity contribution in [3.63, 3.8) is 0 Å². The molecule has 4 aromatic rings. The second-order valence-electron chi connectivity index (χ2n) is 7.62. The molecule has 0 fully saturated rings. The van der Waals surface area contributed by atoms with Gasteiger partial charge in [0.1, 0.15) is 11.5 Å². The van der Waals surface area contributed by atoms with Crippen LogP contribution in [0.3, 0.4) is 0 Å². The molecule has 0 aliphatic carbocycles. The summed E-state index contributed by atoms with van der Waals surface area (Å²) in [5.74, 6) is 0.524. The zero-order valence-electron chi connectivity index (χ0n) is 17.1. The largest absolute Gasteiger partial charge is 0.508 e. The van der Waals surface area contributed by atoms with Gasteiger partial charge < -0.3 is 10.2 Å². The molecule has 0 aromatic heterocycles. The van der Waals surface area contributed by atoms with Crippen LogP contribution in [-0.2, 0) is 11.8 Å². The number of rotatable bonds is 6. The first-order valence-corrected chi connectivity index (χ1v) is 10.4. The van der Waals surface area contributed by atoms with E-state index in [4.69, 9.17) is 0 Å². The number of aryl methyl sites for hydroxylation is 1. The molecule has 0 unspecified atom stereocenters. The molecule has 0 aliphatic heterocycles. The minimum Gasteiger partial charge on any atom is -0.508 e. The van der Waals surface area contributed by atoms with Gasteiger partial charge in [-0.05, 0) is 58.5 Å². The van der Waals surface area contributed by atoms with Crippen LogP contribution in [0.4, 0.5) is 0 Å². The average Bonchev–Trinajstić information content (AvgIpc) is 2.78. The third-order valence-electron chi connectivity index (χ3n) is 5.73. The summed E-state index contributed by atoms with van der Waals surface area (Å²) >= 11 is 0. The SMILES string of the molecule is CCCc1cc(O)ccc1C(c1ccccc1)(c1ccccc1)c1ccc(O)cc1. The number of phenols is 2. The van der Waals surface area contributed by atoms with E-state index in [0.29, 0.717) is 0 Å². The molecule has 0 saturated heterocycles. The van der Waals surface area contributed by atoms with Crippen LogP contribution in [0.5, 0.6) is 11.5 Å². The molecular formula is C28H26O2. The molecular weight excluding hydrogens is 368 g/mol. The maximum Gasteiger partial charge on any atom is 0.115 e. The highest BCUT2D eigenvalue weighted by molar-refractivity contribution is 5.62. The molecule has 0 aliphatic rings. The van der Waals surface area contributed by atoms with Crippen molar-refractivity contribution in [1.82, 2.24) is 0 Å². The van der Waals surface area contributed by atoms with E-state index >= 15 is 0 Å². The Hall–Kier alpha value is -3.52. The van der Waals surface area contributed by atoms with E-state index in [9.17, 15) is 10.2 Å². The number of aromatic hydroxyl groups is 2. The fraction of sp³-hybridized carbons (Fsp3) is 0.143. The van der Waals surface area contributed by atoms with Gasteiger partial charge in [0.2, 0.25) is 0 Å². The first kappa shape index (κ1) is 19.8. The van der Waals surface area contributed by atoms with Crippen LogP contribution in [0, 0.1) is 0 Å². The van der Waals surface area contributed by atoms with E-state index in [2.05, 4.69) is 55.5 Å². The molecule has 150 valence electrons. The number of phenolic OH excluding ortho intramolecular Hbond substituents is 2. The summed E-state index contributed by atoms with van der Waals surface area (Å²) in [5.41, 5.74) is 5.05. The molecule has 4 rings (SSSR count). The van der Waals surface area contributed by atoms with E-state index in [1.54, 1.807) is 18.2 Å². The third-order valence-corrected chi connectivity index (χ3v) is 5.73. The molecule has 2 N–H and O–H groups in total. The van der Waals surface area contributed by atoms with Crippen molar-refractivity contribution in [3.05, 3.63) is 131 Å². The summed E-state index contributed by atoms with van der Waals surface area (Å²) < 4.78 is 0. The van der Waals surface area contributed by atoms with E-state index in [0.717, 1.165) is 40.7 Å². The number of hydrogen-bond acceptors (Lipinski definition) is 2. The Morgan fingerprint density at radius 3 is 1.63 bits per heavy atom. The van der Waals surface area contributed by atoms with Crippen LogP contribution >= 0.6 is 0 Å². The smallest absolute Gasteiger partial charge is 0.115 e. The van der Waals surface area contributed by atoms with Gasteiger partial charge in [-0.25, -0.2) is 0 Å². The summed E-state index contributed by atoms with van der Waals surface area (Å²) in [7, 11) is 0. The van der Waals surface area contributed by atoms with Gasteiger partial charge >= 0.3 is 0 Å². The van der Waals surface area contributed by atoms with Crippen LogP contribution in [0.15, 0.2) is 103 Å². The zero-order valence-corrected chi connectivity index (χ0v) is 17.1. The second-order valence-corrected chi connectivity index (χ2v) is 7.62. The summed E-state index contributed by atoms with van der Waals surface area (Å²) in [4.78, 5) is 0. The van der Waals surface area contributed by atoms with Crippen molar-refractivity contribution >= 4 is 0 Å². The predicted octanol–water partition coefficient (Wildman–Crippen LogP) is 6.43. The number of benzene rings is 4. The van der Waals surface area contributed by atoms with Crippen LogP contribution < -0.4 is 0 Å². The Kier molecular flexibility index (Phi) is 5.58. The molecule has 30 heavy (non-hydrogen) atoms. The Bertz CT molecular complexity index is 1060. The zero-order chi connectivity index (χ0) is 21.0. The molecule has 0 amide bonds. The lowest BCUT2D eigenvalue weighted by Gasteiger charge is -2.38. The first-order valence-electron chi connectivity index (χ1n) is 10.4. The van der Waals surface area contributed by atoms with E-state index in [-0.39, 0.29) is 11.5 Å². The Morgan fingerprint density at radius 2 is 1.10 bits per heavy atom. The third kappa shape index (κ3) is 3.46. The van der Waals surface area contributed by atoms with Crippen LogP contribution in [0.25, 0.3) is 0 Å². The number of hydrogen-bond donors (Lipinski definition) is 2. The van der Waals surface area contributed by atoms with Crippen molar-refractivity contribution in [2.45, 2.75) is 25.2 Å². The van der Waals surface area contributed by atoms with Crippen molar-refractivity contribution in [1.29, 1.82) is 0 Å². The van der Waals surface area contributed by atoms with Crippen LogP contribution in [0.1, 0.15) is 41.2 Å². The molecule has 0 radical (unpaired) electrons. The van der Waals surface area contributed by atoms with Gasteiger partial charge in [0.15, 0.2) is 0 Å². The maximum atomic E-state index is 10.2. The van der Waals surface area contributed by atoms with Gasteiger partial charge in [-0.1, -0.05) is 92.2 Å². The second kappa shape index (κ2) is 8.46. The van der Waals surface area contributed by atoms with E-state index < -0.39 is 5.41 Å². The first-order chi connectivity index (χ1) is 14.7. The van der Waals surface area contributed by atoms with Gasteiger partial charge in [0.25, 0.3) is 0 Å². The monoisotopic (exact) mass is 394 g/mol. The van der Waals surface area contributed by atoms with Gasteiger partial charge in [-0.15, -0.1) is 0 Å².